The zero-order chi connectivity index (χ0) is 12.8. The second kappa shape index (κ2) is 6.83. The molecule has 0 bridgehead atoms. The fourth-order valence-electron chi connectivity index (χ4n) is 0.990. The van der Waals surface area contributed by atoms with Crippen LogP contribution >= 0.6 is 15.6 Å². The van der Waals surface area contributed by atoms with Crippen molar-refractivity contribution in [3.8, 4) is 0 Å². The van der Waals surface area contributed by atoms with Crippen LogP contribution in [0.25, 0.3) is 0 Å². The van der Waals surface area contributed by atoms with Crippen molar-refractivity contribution in [2.75, 3.05) is 6.61 Å². The first-order valence-electron chi connectivity index (χ1n) is 4.51. The summed E-state index contributed by atoms with van der Waals surface area (Å²) in [5.74, 6) is 0. The fraction of sp³-hybridized carbons (Fsp3) is 1.00. The van der Waals surface area contributed by atoms with Crippen molar-refractivity contribution in [2.24, 2.45) is 0 Å². The van der Waals surface area contributed by atoms with Crippen LogP contribution in [0.2, 0.25) is 0 Å². The molecular formula is C6H14O8P2-2. The first kappa shape index (κ1) is 16.2. The molecule has 0 radical (unpaired) electrons. The lowest BCUT2D eigenvalue weighted by molar-refractivity contribution is -0.344. The largest absolute Gasteiger partial charge is 0.790 e. The Bertz CT molecular complexity index is 280. The summed E-state index contributed by atoms with van der Waals surface area (Å²) in [6.07, 6.45) is 0.317. The van der Waals surface area contributed by atoms with E-state index in [9.17, 15) is 18.9 Å². The summed E-state index contributed by atoms with van der Waals surface area (Å²) in [5.41, 5.74) is 0. The Morgan fingerprint density at radius 2 is 1.81 bits per heavy atom. The molecule has 0 aromatic heterocycles. The van der Waals surface area contributed by atoms with Gasteiger partial charge in [0.15, 0.2) is 0 Å². The van der Waals surface area contributed by atoms with Crippen molar-refractivity contribution in [1.29, 1.82) is 0 Å². The molecule has 0 spiro atoms. The molecule has 0 aliphatic rings. The highest BCUT2D eigenvalue weighted by molar-refractivity contribution is 7.46. The molecule has 0 saturated heterocycles. The molecule has 0 aliphatic heterocycles. The van der Waals surface area contributed by atoms with Crippen molar-refractivity contribution < 1.29 is 37.8 Å². The average molecular weight is 276 g/mol. The lowest BCUT2D eigenvalue weighted by Crippen LogP contribution is -2.21. The summed E-state index contributed by atoms with van der Waals surface area (Å²) < 4.78 is 28.7. The van der Waals surface area contributed by atoms with E-state index in [2.05, 4.69) is 9.05 Å². The molecule has 16 heavy (non-hydrogen) atoms. The first-order chi connectivity index (χ1) is 7.10. The van der Waals surface area contributed by atoms with E-state index in [0.717, 1.165) is 0 Å². The molecule has 0 heterocycles. The van der Waals surface area contributed by atoms with Gasteiger partial charge in [0.1, 0.15) is 0 Å². The third-order valence-electron chi connectivity index (χ3n) is 1.57. The lowest BCUT2D eigenvalue weighted by Gasteiger charge is -2.31. The number of phosphoric acid groups is 2. The Hall–Kier alpha value is 0.220. The Labute approximate surface area is 93.1 Å². The summed E-state index contributed by atoms with van der Waals surface area (Å²) in [5, 5.41) is 0. The van der Waals surface area contributed by atoms with Crippen LogP contribution in [0.4, 0.5) is 0 Å². The quantitative estimate of drug-likeness (QED) is 0.446. The monoisotopic (exact) mass is 276 g/mol. The van der Waals surface area contributed by atoms with Gasteiger partial charge in [-0.1, -0.05) is 0 Å². The van der Waals surface area contributed by atoms with Crippen LogP contribution in [-0.2, 0) is 18.2 Å². The maximum absolute atomic E-state index is 10.2. The Morgan fingerprint density at radius 1 is 1.25 bits per heavy atom. The fourth-order valence-corrected chi connectivity index (χ4v) is 1.90. The van der Waals surface area contributed by atoms with Gasteiger partial charge in [-0.05, 0) is 26.2 Å². The molecule has 1 unspecified atom stereocenters. The van der Waals surface area contributed by atoms with Crippen molar-refractivity contribution in [2.45, 2.75) is 32.3 Å². The number of rotatable bonds is 8. The van der Waals surface area contributed by atoms with Crippen molar-refractivity contribution in [3.63, 3.8) is 0 Å². The standard InChI is InChI=1S/C6H16O8P2/c1-6(14-16(10,11)12)4-2-3-5-13-15(7,8)9/h6H,2-5H2,1H3,(H2,7,8,9)(H2,10,11,12)/p-2. The first-order valence-corrected chi connectivity index (χ1v) is 7.50. The van der Waals surface area contributed by atoms with Crippen LogP contribution in [0.1, 0.15) is 26.2 Å². The van der Waals surface area contributed by atoms with Gasteiger partial charge in [0.2, 0.25) is 0 Å². The summed E-state index contributed by atoms with van der Waals surface area (Å²) in [4.78, 5) is 37.0. The van der Waals surface area contributed by atoms with Gasteiger partial charge in [-0.15, -0.1) is 0 Å². The van der Waals surface area contributed by atoms with E-state index >= 15 is 0 Å². The SMILES string of the molecule is CC(CCCCOP(=O)(O)O)OP(=O)([O-])[O-]. The van der Waals surface area contributed by atoms with E-state index < -0.39 is 21.7 Å². The van der Waals surface area contributed by atoms with E-state index in [4.69, 9.17) is 9.79 Å². The molecular weight excluding hydrogens is 262 g/mol. The van der Waals surface area contributed by atoms with E-state index in [1.54, 1.807) is 0 Å². The zero-order valence-corrected chi connectivity index (χ0v) is 10.4. The van der Waals surface area contributed by atoms with Crippen LogP contribution in [0.3, 0.4) is 0 Å². The lowest BCUT2D eigenvalue weighted by atomic mass is 10.2. The summed E-state index contributed by atoms with van der Waals surface area (Å²) in [6.45, 7) is 1.29. The van der Waals surface area contributed by atoms with E-state index in [1.165, 1.54) is 6.92 Å². The molecule has 0 aliphatic carbocycles. The topological polar surface area (TPSA) is 139 Å². The smallest absolute Gasteiger partial charge is 0.469 e. The molecule has 8 nitrogen and oxygen atoms in total. The molecule has 10 heteroatoms. The minimum Gasteiger partial charge on any atom is -0.790 e. The number of hydrogen-bond acceptors (Lipinski definition) is 6. The minimum absolute atomic E-state index is 0.136. The van der Waals surface area contributed by atoms with Gasteiger partial charge in [0, 0.05) is 0 Å². The van der Waals surface area contributed by atoms with Gasteiger partial charge >= 0.3 is 7.82 Å². The molecule has 0 saturated carbocycles. The molecule has 0 aromatic carbocycles. The maximum atomic E-state index is 10.2. The van der Waals surface area contributed by atoms with Crippen LogP contribution in [0.15, 0.2) is 0 Å². The van der Waals surface area contributed by atoms with Crippen LogP contribution < -0.4 is 9.79 Å². The van der Waals surface area contributed by atoms with Crippen LogP contribution in [0.5, 0.6) is 0 Å². The molecule has 98 valence electrons. The third kappa shape index (κ3) is 12.3. The zero-order valence-electron chi connectivity index (χ0n) is 8.64. The van der Waals surface area contributed by atoms with Crippen molar-refractivity contribution in [3.05, 3.63) is 0 Å². The third-order valence-corrected chi connectivity index (χ3v) is 2.71. The van der Waals surface area contributed by atoms with E-state index in [0.29, 0.717) is 19.3 Å². The second-order valence-corrected chi connectivity index (χ2v) is 5.53. The summed E-state index contributed by atoms with van der Waals surface area (Å²) >= 11 is 0. The van der Waals surface area contributed by atoms with E-state index in [-0.39, 0.29) is 6.61 Å². The molecule has 1 atom stereocenters. The van der Waals surface area contributed by atoms with Crippen LogP contribution in [0, 0.1) is 0 Å². The number of unbranched alkanes of at least 4 members (excludes halogenated alkanes) is 1. The Balaban J connectivity index is 3.53. The molecule has 0 rings (SSSR count). The molecule has 0 fully saturated rings. The maximum Gasteiger partial charge on any atom is 0.469 e. The number of phosphoric ester groups is 2. The predicted octanol–water partition coefficient (Wildman–Crippen LogP) is -0.500. The normalized spacial score (nSPS) is 15.1. The van der Waals surface area contributed by atoms with Crippen molar-refractivity contribution in [1.82, 2.24) is 0 Å². The second-order valence-electron chi connectivity index (χ2n) is 3.18. The Kier molecular flexibility index (Phi) is 6.93. The average Bonchev–Trinajstić information content (AvgIpc) is 1.97. The van der Waals surface area contributed by atoms with Gasteiger partial charge in [-0.25, -0.2) is 4.57 Å². The highest BCUT2D eigenvalue weighted by atomic mass is 31.2. The summed E-state index contributed by atoms with van der Waals surface area (Å²) in [6, 6.07) is 0. The van der Waals surface area contributed by atoms with E-state index in [1.807, 2.05) is 0 Å². The highest BCUT2D eigenvalue weighted by Crippen LogP contribution is 2.36. The van der Waals surface area contributed by atoms with Gasteiger partial charge in [-0.3, -0.25) is 4.52 Å². The minimum atomic E-state index is -4.96. The predicted molar refractivity (Wildman–Crippen MR) is 50.0 cm³/mol. The van der Waals surface area contributed by atoms with Gasteiger partial charge in [0.25, 0.3) is 0 Å². The summed E-state index contributed by atoms with van der Waals surface area (Å²) in [7, 11) is -9.40. The van der Waals surface area contributed by atoms with Crippen LogP contribution in [-0.4, -0.2) is 22.5 Å². The van der Waals surface area contributed by atoms with Gasteiger partial charge < -0.3 is 28.7 Å². The highest BCUT2D eigenvalue weighted by Gasteiger charge is 2.12. The number of hydrogen-bond donors (Lipinski definition) is 2. The van der Waals surface area contributed by atoms with Gasteiger partial charge in [-0.2, -0.15) is 0 Å². The molecule has 0 amide bonds. The van der Waals surface area contributed by atoms with Gasteiger partial charge in [0.05, 0.1) is 20.5 Å². The molecule has 0 aromatic rings. The molecule has 2 N–H and O–H groups in total. The Morgan fingerprint density at radius 3 is 2.25 bits per heavy atom. The van der Waals surface area contributed by atoms with Crippen molar-refractivity contribution >= 4 is 15.6 Å².